The topological polar surface area (TPSA) is 116 Å². The highest BCUT2D eigenvalue weighted by Gasteiger charge is 2.29. The molecule has 33 heavy (non-hydrogen) atoms. The molecular weight excluding hydrogens is 444 g/mol. The fourth-order valence-electron chi connectivity index (χ4n) is 3.95. The molecule has 174 valence electrons. The third kappa shape index (κ3) is 5.23. The van der Waals surface area contributed by atoms with Gasteiger partial charge >= 0.3 is 0 Å². The maximum Gasteiger partial charge on any atom is 0.251 e. The van der Waals surface area contributed by atoms with Crippen LogP contribution in [0.1, 0.15) is 35.2 Å². The lowest BCUT2D eigenvalue weighted by Crippen LogP contribution is -2.49. The van der Waals surface area contributed by atoms with E-state index >= 15 is 0 Å². The fourth-order valence-corrected chi connectivity index (χ4v) is 5.34. The first kappa shape index (κ1) is 22.9. The third-order valence-electron chi connectivity index (χ3n) is 5.76. The van der Waals surface area contributed by atoms with Crippen LogP contribution in [-0.2, 0) is 26.2 Å². The molecule has 4 rings (SSSR count). The van der Waals surface area contributed by atoms with Crippen LogP contribution in [0.5, 0.6) is 0 Å². The maximum atomic E-state index is 12.7. The summed E-state index contributed by atoms with van der Waals surface area (Å²) in [6.45, 7) is 1.24. The molecule has 0 atom stereocenters. The number of piperidine rings is 1. The molecule has 0 spiro atoms. The van der Waals surface area contributed by atoms with Crippen molar-refractivity contribution in [3.63, 3.8) is 0 Å². The molecule has 2 N–H and O–H groups in total. The molecule has 0 aromatic heterocycles. The zero-order valence-electron chi connectivity index (χ0n) is 18.1. The average Bonchev–Trinajstić information content (AvgIpc) is 2.83. The molecule has 2 saturated heterocycles. The van der Waals surface area contributed by atoms with Crippen LogP contribution < -0.4 is 15.5 Å². The van der Waals surface area contributed by atoms with Gasteiger partial charge in [-0.3, -0.25) is 14.4 Å². The van der Waals surface area contributed by atoms with E-state index in [4.69, 9.17) is 0 Å². The van der Waals surface area contributed by atoms with E-state index in [1.54, 1.807) is 4.90 Å². The summed E-state index contributed by atoms with van der Waals surface area (Å²) < 4.78 is 26.6. The Kier molecular flexibility index (Phi) is 6.75. The van der Waals surface area contributed by atoms with E-state index in [0.29, 0.717) is 18.5 Å². The Morgan fingerprint density at radius 2 is 1.82 bits per heavy atom. The number of benzene rings is 2. The Bertz CT molecular complexity index is 1160. The molecule has 0 unspecified atom stereocenters. The minimum absolute atomic E-state index is 0.0349. The summed E-state index contributed by atoms with van der Waals surface area (Å²) >= 11 is 0. The number of carbonyl (C=O) groups is 3. The van der Waals surface area contributed by atoms with Crippen LogP contribution >= 0.6 is 0 Å². The van der Waals surface area contributed by atoms with Gasteiger partial charge in [0.1, 0.15) is 0 Å². The molecule has 0 aliphatic carbocycles. The first-order valence-electron chi connectivity index (χ1n) is 10.9. The molecule has 0 radical (unpaired) electrons. The summed E-state index contributed by atoms with van der Waals surface area (Å²) in [5.74, 6) is -0.562. The van der Waals surface area contributed by atoms with Gasteiger partial charge in [-0.05, 0) is 54.8 Å². The first-order chi connectivity index (χ1) is 15.8. The number of nitrogens with one attached hydrogen (secondary N) is 2. The van der Waals surface area contributed by atoms with Crippen molar-refractivity contribution < 1.29 is 22.8 Å². The van der Waals surface area contributed by atoms with Gasteiger partial charge in [-0.15, -0.1) is 0 Å². The number of rotatable bonds is 6. The van der Waals surface area contributed by atoms with Crippen molar-refractivity contribution in [3.8, 4) is 0 Å². The molecule has 0 bridgehead atoms. The summed E-state index contributed by atoms with van der Waals surface area (Å²) in [4.78, 5) is 38.1. The number of sulfonamides is 1. The van der Waals surface area contributed by atoms with Gasteiger partial charge in [-0.25, -0.2) is 8.42 Å². The van der Waals surface area contributed by atoms with Crippen molar-refractivity contribution in [3.05, 3.63) is 59.7 Å². The van der Waals surface area contributed by atoms with Gasteiger partial charge in [0.2, 0.25) is 21.8 Å². The van der Waals surface area contributed by atoms with Gasteiger partial charge in [0, 0.05) is 43.9 Å². The fraction of sp³-hybridized carbons (Fsp3) is 0.348. The molecule has 9 nitrogen and oxygen atoms in total. The highest BCUT2D eigenvalue weighted by molar-refractivity contribution is 7.89. The van der Waals surface area contributed by atoms with Crippen LogP contribution in [0.15, 0.2) is 53.4 Å². The van der Waals surface area contributed by atoms with Gasteiger partial charge in [-0.2, -0.15) is 4.31 Å². The molecule has 2 fully saturated rings. The number of piperazine rings is 1. The highest BCUT2D eigenvalue weighted by Crippen LogP contribution is 2.22. The number of amides is 3. The zero-order chi connectivity index (χ0) is 23.4. The van der Waals surface area contributed by atoms with Crippen molar-refractivity contribution in [2.45, 2.75) is 30.7 Å². The summed E-state index contributed by atoms with van der Waals surface area (Å²) in [5, 5.41) is 5.42. The zero-order valence-corrected chi connectivity index (χ0v) is 18.9. The molecular formula is C23H26N4O5S. The third-order valence-corrected chi connectivity index (χ3v) is 7.62. The van der Waals surface area contributed by atoms with Crippen molar-refractivity contribution >= 4 is 33.4 Å². The lowest BCUT2D eigenvalue weighted by atomic mass is 10.1. The van der Waals surface area contributed by atoms with E-state index in [0.717, 1.165) is 28.4 Å². The minimum atomic E-state index is -3.80. The van der Waals surface area contributed by atoms with Crippen LogP contribution in [0.4, 0.5) is 5.69 Å². The Morgan fingerprint density at radius 3 is 2.55 bits per heavy atom. The van der Waals surface area contributed by atoms with Crippen molar-refractivity contribution in [2.75, 3.05) is 31.1 Å². The average molecular weight is 471 g/mol. The standard InChI is InChI=1S/C23H26N4O5S/c28-21-16-26(13-11-24-21)33(31,32)20-9-7-18(8-10-20)23(30)25-15-17-4-3-5-19(14-17)27-12-2-1-6-22(27)29/h3-5,7-10,14H,1-2,6,11-13,15-16H2,(H,24,28)(H,25,30). The van der Waals surface area contributed by atoms with Crippen LogP contribution in [0.3, 0.4) is 0 Å². The van der Waals surface area contributed by atoms with Crippen LogP contribution in [0.2, 0.25) is 0 Å². The quantitative estimate of drug-likeness (QED) is 0.659. The number of nitrogens with zero attached hydrogens (tertiary/aromatic N) is 2. The maximum absolute atomic E-state index is 12.7. The van der Waals surface area contributed by atoms with Crippen molar-refractivity contribution in [1.82, 2.24) is 14.9 Å². The molecule has 2 aliphatic heterocycles. The summed E-state index contributed by atoms with van der Waals surface area (Å²) in [5.41, 5.74) is 2.02. The Hall–Kier alpha value is -3.24. The van der Waals surface area contributed by atoms with Gasteiger partial charge in [0.15, 0.2) is 0 Å². The van der Waals surface area contributed by atoms with Crippen LogP contribution in [0, 0.1) is 0 Å². The molecule has 2 heterocycles. The monoisotopic (exact) mass is 470 g/mol. The van der Waals surface area contributed by atoms with Crippen LogP contribution in [0.25, 0.3) is 0 Å². The van der Waals surface area contributed by atoms with E-state index in [1.165, 1.54) is 24.3 Å². The lowest BCUT2D eigenvalue weighted by Gasteiger charge is -2.27. The van der Waals surface area contributed by atoms with Gasteiger partial charge < -0.3 is 15.5 Å². The number of carbonyl (C=O) groups excluding carboxylic acids is 3. The van der Waals surface area contributed by atoms with Gasteiger partial charge in [0.05, 0.1) is 11.4 Å². The summed E-state index contributed by atoms with van der Waals surface area (Å²) in [6, 6.07) is 13.2. The molecule has 3 amide bonds. The predicted molar refractivity (Wildman–Crippen MR) is 122 cm³/mol. The molecule has 0 saturated carbocycles. The SMILES string of the molecule is O=C1CN(S(=O)(=O)c2ccc(C(=O)NCc3cccc(N4CCCCC4=O)c3)cc2)CCN1. The number of hydrogen-bond donors (Lipinski definition) is 2. The Morgan fingerprint density at radius 1 is 1.03 bits per heavy atom. The van der Waals surface area contributed by atoms with Crippen molar-refractivity contribution in [2.24, 2.45) is 0 Å². The van der Waals surface area contributed by atoms with Crippen LogP contribution in [-0.4, -0.2) is 56.6 Å². The van der Waals surface area contributed by atoms with E-state index < -0.39 is 10.0 Å². The Balaban J connectivity index is 1.39. The minimum Gasteiger partial charge on any atom is -0.354 e. The van der Waals surface area contributed by atoms with E-state index in [-0.39, 0.29) is 48.8 Å². The second-order valence-corrected chi connectivity index (χ2v) is 10.0. The van der Waals surface area contributed by atoms with Gasteiger partial charge in [0.25, 0.3) is 5.91 Å². The smallest absolute Gasteiger partial charge is 0.251 e. The normalized spacial score (nSPS) is 17.5. The summed E-state index contributed by atoms with van der Waals surface area (Å²) in [6.07, 6.45) is 2.44. The number of hydrogen-bond acceptors (Lipinski definition) is 5. The molecule has 2 aromatic carbocycles. The predicted octanol–water partition coefficient (Wildman–Crippen LogP) is 1.25. The second kappa shape index (κ2) is 9.72. The van der Waals surface area contributed by atoms with E-state index in [9.17, 15) is 22.8 Å². The Labute approximate surface area is 192 Å². The molecule has 10 heteroatoms. The van der Waals surface area contributed by atoms with E-state index in [2.05, 4.69) is 10.6 Å². The molecule has 2 aliphatic rings. The van der Waals surface area contributed by atoms with Gasteiger partial charge in [-0.1, -0.05) is 12.1 Å². The lowest BCUT2D eigenvalue weighted by molar-refractivity contribution is -0.122. The second-order valence-electron chi connectivity index (χ2n) is 8.07. The first-order valence-corrected chi connectivity index (χ1v) is 12.3. The molecule has 2 aromatic rings. The van der Waals surface area contributed by atoms with Crippen molar-refractivity contribution in [1.29, 1.82) is 0 Å². The van der Waals surface area contributed by atoms with E-state index in [1.807, 2.05) is 24.3 Å². The summed E-state index contributed by atoms with van der Waals surface area (Å²) in [7, 11) is -3.80. The largest absolute Gasteiger partial charge is 0.354 e. The number of anilines is 1. The highest BCUT2D eigenvalue weighted by atomic mass is 32.2.